The molecular formula is C15H22ClNO2. The number of benzene rings is 1. The van der Waals surface area contributed by atoms with E-state index in [0.29, 0.717) is 10.8 Å². The minimum atomic E-state index is -0.485. The molecule has 0 fully saturated rings. The highest BCUT2D eigenvalue weighted by molar-refractivity contribution is 6.30. The summed E-state index contributed by atoms with van der Waals surface area (Å²) in [6.45, 7) is 6.57. The molecule has 106 valence electrons. The van der Waals surface area contributed by atoms with Gasteiger partial charge in [0, 0.05) is 18.6 Å². The van der Waals surface area contributed by atoms with E-state index in [4.69, 9.17) is 16.3 Å². The Morgan fingerprint density at radius 2 is 2.16 bits per heavy atom. The van der Waals surface area contributed by atoms with Gasteiger partial charge in [-0.05, 0) is 44.0 Å². The number of amides is 1. The van der Waals surface area contributed by atoms with E-state index in [1.54, 1.807) is 24.0 Å². The molecule has 19 heavy (non-hydrogen) atoms. The molecule has 1 amide bonds. The van der Waals surface area contributed by atoms with Gasteiger partial charge in [-0.3, -0.25) is 4.79 Å². The van der Waals surface area contributed by atoms with Crippen LogP contribution >= 0.6 is 11.6 Å². The van der Waals surface area contributed by atoms with Crippen LogP contribution in [0.25, 0.3) is 0 Å². The Bertz CT molecular complexity index is 434. The van der Waals surface area contributed by atoms with Gasteiger partial charge in [0.1, 0.15) is 5.75 Å². The standard InChI is InChI=1S/C15H22ClNO2/c1-5-6-9-17(4)15(18)12(3)19-14-8-7-13(16)10-11(14)2/h7-8,10,12H,5-6,9H2,1-4H3. The largest absolute Gasteiger partial charge is 0.481 e. The first-order chi connectivity index (χ1) is 8.95. The molecule has 1 aromatic rings. The Balaban J connectivity index is 2.63. The number of hydrogen-bond donors (Lipinski definition) is 0. The summed E-state index contributed by atoms with van der Waals surface area (Å²) >= 11 is 5.89. The number of ether oxygens (including phenoxy) is 1. The number of rotatable bonds is 6. The van der Waals surface area contributed by atoms with E-state index in [-0.39, 0.29) is 5.91 Å². The van der Waals surface area contributed by atoms with Crippen LogP contribution in [0.15, 0.2) is 18.2 Å². The van der Waals surface area contributed by atoms with E-state index in [1.165, 1.54) is 0 Å². The molecule has 0 aliphatic rings. The summed E-state index contributed by atoms with van der Waals surface area (Å²) in [7, 11) is 1.81. The number of aryl methyl sites for hydroxylation is 1. The molecule has 0 heterocycles. The molecule has 3 nitrogen and oxygen atoms in total. The van der Waals surface area contributed by atoms with Crippen LogP contribution in [-0.4, -0.2) is 30.5 Å². The second-order valence-corrected chi connectivity index (χ2v) is 5.22. The van der Waals surface area contributed by atoms with Gasteiger partial charge in [-0.2, -0.15) is 0 Å². The number of carbonyl (C=O) groups excluding carboxylic acids is 1. The van der Waals surface area contributed by atoms with Gasteiger partial charge >= 0.3 is 0 Å². The quantitative estimate of drug-likeness (QED) is 0.797. The lowest BCUT2D eigenvalue weighted by molar-refractivity contribution is -0.136. The van der Waals surface area contributed by atoms with E-state index in [9.17, 15) is 4.79 Å². The Hall–Kier alpha value is -1.22. The molecule has 0 saturated carbocycles. The Morgan fingerprint density at radius 3 is 2.74 bits per heavy atom. The van der Waals surface area contributed by atoms with Crippen LogP contribution in [0.5, 0.6) is 5.75 Å². The van der Waals surface area contributed by atoms with Gasteiger partial charge < -0.3 is 9.64 Å². The van der Waals surface area contributed by atoms with Crippen molar-refractivity contribution in [2.75, 3.05) is 13.6 Å². The highest BCUT2D eigenvalue weighted by Gasteiger charge is 2.19. The first-order valence-corrected chi connectivity index (χ1v) is 7.01. The Kier molecular flexibility index (Phi) is 6.16. The summed E-state index contributed by atoms with van der Waals surface area (Å²) in [4.78, 5) is 13.8. The Morgan fingerprint density at radius 1 is 1.47 bits per heavy atom. The number of hydrogen-bond acceptors (Lipinski definition) is 2. The van der Waals surface area contributed by atoms with Crippen molar-refractivity contribution in [3.8, 4) is 5.75 Å². The lowest BCUT2D eigenvalue weighted by Gasteiger charge is -2.22. The third kappa shape index (κ3) is 4.75. The van der Waals surface area contributed by atoms with E-state index in [0.717, 1.165) is 24.9 Å². The van der Waals surface area contributed by atoms with E-state index < -0.39 is 6.10 Å². The predicted molar refractivity (Wildman–Crippen MR) is 78.8 cm³/mol. The van der Waals surface area contributed by atoms with Crippen molar-refractivity contribution in [1.29, 1.82) is 0 Å². The van der Waals surface area contributed by atoms with E-state index in [2.05, 4.69) is 6.92 Å². The first kappa shape index (κ1) is 15.8. The molecule has 4 heteroatoms. The van der Waals surface area contributed by atoms with Crippen LogP contribution in [0, 0.1) is 6.92 Å². The molecule has 0 radical (unpaired) electrons. The van der Waals surface area contributed by atoms with E-state index in [1.807, 2.05) is 20.0 Å². The van der Waals surface area contributed by atoms with Crippen LogP contribution in [0.3, 0.4) is 0 Å². The molecule has 0 N–H and O–H groups in total. The lowest BCUT2D eigenvalue weighted by Crippen LogP contribution is -2.38. The van der Waals surface area contributed by atoms with E-state index >= 15 is 0 Å². The van der Waals surface area contributed by atoms with Crippen molar-refractivity contribution >= 4 is 17.5 Å². The molecule has 0 saturated heterocycles. The summed E-state index contributed by atoms with van der Waals surface area (Å²) in [6, 6.07) is 5.39. The highest BCUT2D eigenvalue weighted by atomic mass is 35.5. The maximum absolute atomic E-state index is 12.1. The van der Waals surface area contributed by atoms with Gasteiger partial charge in [0.2, 0.25) is 0 Å². The summed E-state index contributed by atoms with van der Waals surface area (Å²) in [5, 5.41) is 0.670. The third-order valence-corrected chi connectivity index (χ3v) is 3.25. The highest BCUT2D eigenvalue weighted by Crippen LogP contribution is 2.23. The average Bonchev–Trinajstić information content (AvgIpc) is 2.38. The zero-order valence-corrected chi connectivity index (χ0v) is 12.8. The van der Waals surface area contributed by atoms with Gasteiger partial charge in [0.15, 0.2) is 6.10 Å². The van der Waals surface area contributed by atoms with Crippen molar-refractivity contribution in [3.63, 3.8) is 0 Å². The fourth-order valence-electron chi connectivity index (χ4n) is 1.80. The third-order valence-electron chi connectivity index (χ3n) is 3.01. The minimum absolute atomic E-state index is 0.00259. The summed E-state index contributed by atoms with van der Waals surface area (Å²) in [5.41, 5.74) is 0.934. The van der Waals surface area contributed by atoms with Crippen LogP contribution in [0.1, 0.15) is 32.3 Å². The number of unbranched alkanes of at least 4 members (excludes halogenated alkanes) is 1. The SMILES string of the molecule is CCCCN(C)C(=O)C(C)Oc1ccc(Cl)cc1C. The molecule has 0 aromatic heterocycles. The fourth-order valence-corrected chi connectivity index (χ4v) is 2.03. The minimum Gasteiger partial charge on any atom is -0.481 e. The molecule has 1 rings (SSSR count). The predicted octanol–water partition coefficient (Wildman–Crippen LogP) is 3.67. The average molecular weight is 284 g/mol. The van der Waals surface area contributed by atoms with Gasteiger partial charge in [0.05, 0.1) is 0 Å². The molecule has 0 aliphatic heterocycles. The summed E-state index contributed by atoms with van der Waals surface area (Å²) < 4.78 is 5.71. The molecular weight excluding hydrogens is 262 g/mol. The van der Waals surface area contributed by atoms with Crippen molar-refractivity contribution in [2.45, 2.75) is 39.7 Å². The number of likely N-dealkylation sites (N-methyl/N-ethyl adjacent to an activating group) is 1. The molecule has 0 bridgehead atoms. The molecule has 1 aromatic carbocycles. The number of nitrogens with zero attached hydrogens (tertiary/aromatic N) is 1. The molecule has 1 atom stereocenters. The molecule has 0 aliphatic carbocycles. The maximum atomic E-state index is 12.1. The first-order valence-electron chi connectivity index (χ1n) is 6.63. The van der Waals surface area contributed by atoms with Crippen molar-refractivity contribution in [1.82, 2.24) is 4.90 Å². The lowest BCUT2D eigenvalue weighted by atomic mass is 10.2. The van der Waals surface area contributed by atoms with Crippen molar-refractivity contribution in [3.05, 3.63) is 28.8 Å². The summed E-state index contributed by atoms with van der Waals surface area (Å²) in [6.07, 6.45) is 1.60. The fraction of sp³-hybridized carbons (Fsp3) is 0.533. The normalized spacial score (nSPS) is 12.1. The van der Waals surface area contributed by atoms with Crippen LogP contribution in [0.2, 0.25) is 5.02 Å². The van der Waals surface area contributed by atoms with Crippen molar-refractivity contribution in [2.24, 2.45) is 0 Å². The zero-order chi connectivity index (χ0) is 14.4. The van der Waals surface area contributed by atoms with Gasteiger partial charge in [-0.15, -0.1) is 0 Å². The van der Waals surface area contributed by atoms with Gasteiger partial charge in [-0.1, -0.05) is 24.9 Å². The molecule has 0 spiro atoms. The Labute approximate surface area is 120 Å². The topological polar surface area (TPSA) is 29.5 Å². The van der Waals surface area contributed by atoms with Crippen LogP contribution in [-0.2, 0) is 4.79 Å². The second-order valence-electron chi connectivity index (χ2n) is 4.78. The van der Waals surface area contributed by atoms with Crippen molar-refractivity contribution < 1.29 is 9.53 Å². The number of carbonyl (C=O) groups is 1. The summed E-state index contributed by atoms with van der Waals surface area (Å²) in [5.74, 6) is 0.706. The van der Waals surface area contributed by atoms with Gasteiger partial charge in [0.25, 0.3) is 5.91 Å². The smallest absolute Gasteiger partial charge is 0.263 e. The maximum Gasteiger partial charge on any atom is 0.263 e. The monoisotopic (exact) mass is 283 g/mol. The number of halogens is 1. The van der Waals surface area contributed by atoms with Crippen LogP contribution in [0.4, 0.5) is 0 Å². The van der Waals surface area contributed by atoms with Crippen LogP contribution < -0.4 is 4.74 Å². The van der Waals surface area contributed by atoms with Gasteiger partial charge in [-0.25, -0.2) is 0 Å². The zero-order valence-electron chi connectivity index (χ0n) is 12.1. The second kappa shape index (κ2) is 7.39. The molecule has 1 unspecified atom stereocenters.